The van der Waals surface area contributed by atoms with Gasteiger partial charge in [-0.1, -0.05) is 0 Å². The van der Waals surface area contributed by atoms with Crippen LogP contribution >= 0.6 is 0 Å². The molecule has 1 atom stereocenters. The predicted molar refractivity (Wildman–Crippen MR) is 39.9 cm³/mol. The zero-order valence-corrected chi connectivity index (χ0v) is 6.69. The molecule has 0 radical (unpaired) electrons. The fourth-order valence-corrected chi connectivity index (χ4v) is 1.43. The summed E-state index contributed by atoms with van der Waals surface area (Å²) in [6, 6.07) is 0.411. The average Bonchev–Trinajstić information content (AvgIpc) is 2.34. The lowest BCUT2D eigenvalue weighted by Gasteiger charge is -2.14. The van der Waals surface area contributed by atoms with Crippen molar-refractivity contribution in [2.24, 2.45) is 0 Å². The molecule has 1 N–H and O–H groups in total. The van der Waals surface area contributed by atoms with Crippen LogP contribution in [0.15, 0.2) is 0 Å². The molecule has 11 heavy (non-hydrogen) atoms. The summed E-state index contributed by atoms with van der Waals surface area (Å²) in [5, 5.41) is 3.08. The number of alkyl halides is 2. The summed E-state index contributed by atoms with van der Waals surface area (Å²) in [4.78, 5) is 1.80. The van der Waals surface area contributed by atoms with Crippen molar-refractivity contribution < 1.29 is 8.78 Å². The molecule has 1 heterocycles. The Morgan fingerprint density at radius 2 is 2.36 bits per heavy atom. The fourth-order valence-electron chi connectivity index (χ4n) is 1.43. The van der Waals surface area contributed by atoms with E-state index < -0.39 is 6.43 Å². The lowest BCUT2D eigenvalue weighted by Crippen LogP contribution is -2.32. The number of rotatable bonds is 3. The van der Waals surface area contributed by atoms with E-state index in [-0.39, 0.29) is 6.54 Å². The Balaban J connectivity index is 2.19. The number of likely N-dealkylation sites (tertiary alicyclic amines) is 1. The Morgan fingerprint density at radius 3 is 2.82 bits per heavy atom. The number of nitrogens with zero attached hydrogens (tertiary/aromatic N) is 1. The molecule has 1 saturated heterocycles. The van der Waals surface area contributed by atoms with E-state index in [1.54, 1.807) is 4.90 Å². The molecule has 1 aliphatic rings. The SMILES string of the molecule is CN[C@@H]1CCN(CC(F)F)C1. The summed E-state index contributed by atoms with van der Waals surface area (Å²) in [5.74, 6) is 0. The highest BCUT2D eigenvalue weighted by molar-refractivity contribution is 4.79. The highest BCUT2D eigenvalue weighted by Crippen LogP contribution is 2.09. The van der Waals surface area contributed by atoms with Gasteiger partial charge in [0, 0.05) is 12.6 Å². The Labute approximate surface area is 65.6 Å². The molecule has 0 unspecified atom stereocenters. The summed E-state index contributed by atoms with van der Waals surface area (Å²) in [6.45, 7) is 1.49. The van der Waals surface area contributed by atoms with E-state index in [1.807, 2.05) is 7.05 Å². The van der Waals surface area contributed by atoms with Crippen molar-refractivity contribution in [3.63, 3.8) is 0 Å². The van der Waals surface area contributed by atoms with Crippen LogP contribution < -0.4 is 5.32 Å². The summed E-state index contributed by atoms with van der Waals surface area (Å²) >= 11 is 0. The minimum Gasteiger partial charge on any atom is -0.316 e. The zero-order valence-electron chi connectivity index (χ0n) is 6.69. The number of hydrogen-bond donors (Lipinski definition) is 1. The minimum absolute atomic E-state index is 0.0713. The number of halogens is 2. The summed E-state index contributed by atoms with van der Waals surface area (Å²) in [6.07, 6.45) is -1.20. The first-order chi connectivity index (χ1) is 5.22. The van der Waals surface area contributed by atoms with Crippen LogP contribution in [0, 0.1) is 0 Å². The Hall–Kier alpha value is -0.220. The van der Waals surface area contributed by atoms with Gasteiger partial charge in [0.15, 0.2) is 0 Å². The number of hydrogen-bond acceptors (Lipinski definition) is 2. The minimum atomic E-state index is -2.19. The molecule has 0 aromatic heterocycles. The highest BCUT2D eigenvalue weighted by Gasteiger charge is 2.22. The van der Waals surface area contributed by atoms with Gasteiger partial charge in [-0.3, -0.25) is 4.90 Å². The second-order valence-corrected chi connectivity index (χ2v) is 2.92. The van der Waals surface area contributed by atoms with E-state index in [0.717, 1.165) is 19.5 Å². The van der Waals surface area contributed by atoms with Gasteiger partial charge in [-0.05, 0) is 20.0 Å². The van der Waals surface area contributed by atoms with Crippen molar-refractivity contribution in [2.45, 2.75) is 18.9 Å². The quantitative estimate of drug-likeness (QED) is 0.655. The van der Waals surface area contributed by atoms with Crippen LogP contribution in [0.1, 0.15) is 6.42 Å². The first-order valence-electron chi connectivity index (χ1n) is 3.90. The lowest BCUT2D eigenvalue weighted by atomic mass is 10.3. The van der Waals surface area contributed by atoms with Crippen LogP contribution in [0.25, 0.3) is 0 Å². The second-order valence-electron chi connectivity index (χ2n) is 2.92. The lowest BCUT2D eigenvalue weighted by molar-refractivity contribution is 0.0987. The molecule has 66 valence electrons. The van der Waals surface area contributed by atoms with Gasteiger partial charge < -0.3 is 5.32 Å². The third-order valence-corrected chi connectivity index (χ3v) is 2.08. The largest absolute Gasteiger partial charge is 0.316 e. The van der Waals surface area contributed by atoms with Crippen molar-refractivity contribution in [1.82, 2.24) is 10.2 Å². The monoisotopic (exact) mass is 164 g/mol. The predicted octanol–water partition coefficient (Wildman–Crippen LogP) is 0.545. The molecule has 0 saturated carbocycles. The van der Waals surface area contributed by atoms with E-state index in [1.165, 1.54) is 0 Å². The molecule has 0 spiro atoms. The van der Waals surface area contributed by atoms with E-state index in [0.29, 0.717) is 6.04 Å². The van der Waals surface area contributed by atoms with Crippen LogP contribution in [-0.4, -0.2) is 44.0 Å². The van der Waals surface area contributed by atoms with Gasteiger partial charge in [-0.25, -0.2) is 8.78 Å². The first-order valence-corrected chi connectivity index (χ1v) is 3.90. The normalized spacial score (nSPS) is 26.7. The number of likely N-dealkylation sites (N-methyl/N-ethyl adjacent to an activating group) is 1. The van der Waals surface area contributed by atoms with E-state index in [9.17, 15) is 8.78 Å². The molecule has 2 nitrogen and oxygen atoms in total. The summed E-state index contributed by atoms with van der Waals surface area (Å²) < 4.78 is 23.7. The molecule has 1 aliphatic heterocycles. The Morgan fingerprint density at radius 1 is 1.64 bits per heavy atom. The topological polar surface area (TPSA) is 15.3 Å². The first kappa shape index (κ1) is 8.87. The van der Waals surface area contributed by atoms with Crippen molar-refractivity contribution >= 4 is 0 Å². The summed E-state index contributed by atoms with van der Waals surface area (Å²) in [7, 11) is 1.87. The number of nitrogens with one attached hydrogen (secondary N) is 1. The maximum absolute atomic E-state index is 11.9. The molecular weight excluding hydrogens is 150 g/mol. The standard InChI is InChI=1S/C7H14F2N2/c1-10-6-2-3-11(4-6)5-7(8)9/h6-7,10H,2-5H2,1H3/t6-/m1/s1. The van der Waals surface area contributed by atoms with Crippen LogP contribution in [0.5, 0.6) is 0 Å². The molecule has 0 aromatic carbocycles. The molecule has 0 aliphatic carbocycles. The van der Waals surface area contributed by atoms with Crippen LogP contribution in [0.2, 0.25) is 0 Å². The molecule has 0 aromatic rings. The highest BCUT2D eigenvalue weighted by atomic mass is 19.3. The molecule has 1 fully saturated rings. The zero-order chi connectivity index (χ0) is 8.27. The van der Waals surface area contributed by atoms with Crippen LogP contribution in [0.3, 0.4) is 0 Å². The van der Waals surface area contributed by atoms with Crippen LogP contribution in [0.4, 0.5) is 8.78 Å². The van der Waals surface area contributed by atoms with E-state index >= 15 is 0 Å². The summed E-state index contributed by atoms with van der Waals surface area (Å²) in [5.41, 5.74) is 0. The smallest absolute Gasteiger partial charge is 0.251 e. The van der Waals surface area contributed by atoms with Crippen molar-refractivity contribution in [3.8, 4) is 0 Å². The third kappa shape index (κ3) is 2.71. The van der Waals surface area contributed by atoms with Crippen molar-refractivity contribution in [2.75, 3.05) is 26.7 Å². The van der Waals surface area contributed by atoms with Gasteiger partial charge >= 0.3 is 0 Å². The van der Waals surface area contributed by atoms with Gasteiger partial charge in [-0.2, -0.15) is 0 Å². The van der Waals surface area contributed by atoms with Crippen molar-refractivity contribution in [1.29, 1.82) is 0 Å². The average molecular weight is 164 g/mol. The maximum atomic E-state index is 11.9. The van der Waals surface area contributed by atoms with Gasteiger partial charge in [-0.15, -0.1) is 0 Å². The second kappa shape index (κ2) is 3.97. The van der Waals surface area contributed by atoms with E-state index in [2.05, 4.69) is 5.32 Å². The van der Waals surface area contributed by atoms with E-state index in [4.69, 9.17) is 0 Å². The molecule has 4 heteroatoms. The maximum Gasteiger partial charge on any atom is 0.251 e. The molecular formula is C7H14F2N2. The Kier molecular flexibility index (Phi) is 3.20. The molecule has 1 rings (SSSR count). The van der Waals surface area contributed by atoms with Gasteiger partial charge in [0.05, 0.1) is 6.54 Å². The van der Waals surface area contributed by atoms with Crippen molar-refractivity contribution in [3.05, 3.63) is 0 Å². The van der Waals surface area contributed by atoms with Gasteiger partial charge in [0.25, 0.3) is 6.43 Å². The fraction of sp³-hybridized carbons (Fsp3) is 1.00. The van der Waals surface area contributed by atoms with Crippen LogP contribution in [-0.2, 0) is 0 Å². The molecule has 0 bridgehead atoms. The van der Waals surface area contributed by atoms with Gasteiger partial charge in [0.1, 0.15) is 0 Å². The third-order valence-electron chi connectivity index (χ3n) is 2.08. The molecule has 0 amide bonds. The van der Waals surface area contributed by atoms with Gasteiger partial charge in [0.2, 0.25) is 0 Å². The Bertz CT molecular complexity index is 119.